The number of nitrogens with one attached hydrogen (secondary N) is 1. The molecule has 0 spiro atoms. The Balaban J connectivity index is 1.63. The molecule has 11 heteroatoms. The number of fused-ring (bicyclic) bond motifs is 1. The Hall–Kier alpha value is -3.21. The SMILES string of the molecule is O=C(O)CCN1C(=O)/C(=C2/C(=O)N(CC(=O)Nc3ccccc3Cl)c3ccccc32)SC1=S. The second-order valence-corrected chi connectivity index (χ2v) is 9.16. The van der Waals surface area contributed by atoms with Crippen molar-refractivity contribution in [3.05, 3.63) is 64.0 Å². The van der Waals surface area contributed by atoms with E-state index in [9.17, 15) is 19.2 Å². The molecule has 8 nitrogen and oxygen atoms in total. The molecule has 2 aromatic rings. The minimum atomic E-state index is -1.06. The Morgan fingerprint density at radius 3 is 2.45 bits per heavy atom. The molecule has 0 aromatic heterocycles. The van der Waals surface area contributed by atoms with Gasteiger partial charge in [-0.1, -0.05) is 65.9 Å². The molecule has 0 unspecified atom stereocenters. The van der Waals surface area contributed by atoms with Gasteiger partial charge >= 0.3 is 5.97 Å². The summed E-state index contributed by atoms with van der Waals surface area (Å²) in [4.78, 5) is 52.5. The molecular formula is C22H16ClN3O5S2. The number of thioether (sulfide) groups is 1. The molecule has 0 saturated carbocycles. The van der Waals surface area contributed by atoms with Crippen molar-refractivity contribution < 1.29 is 24.3 Å². The van der Waals surface area contributed by atoms with E-state index in [-0.39, 0.29) is 34.3 Å². The highest BCUT2D eigenvalue weighted by Crippen LogP contribution is 2.44. The van der Waals surface area contributed by atoms with Crippen molar-refractivity contribution in [1.82, 2.24) is 4.90 Å². The number of thiocarbonyl (C=S) groups is 1. The van der Waals surface area contributed by atoms with E-state index < -0.39 is 23.7 Å². The standard InChI is InChI=1S/C22H16ClN3O5S2/c23-13-6-2-3-7-14(13)24-16(27)11-26-15-8-4-1-5-12(15)18(20(26)30)19-21(31)25(22(32)33-19)10-9-17(28)29/h1-8H,9-11H2,(H,24,27)(H,28,29)/b19-18-. The predicted octanol–water partition coefficient (Wildman–Crippen LogP) is 3.37. The summed E-state index contributed by atoms with van der Waals surface area (Å²) in [6.07, 6.45) is -0.270. The van der Waals surface area contributed by atoms with Crippen molar-refractivity contribution in [3.63, 3.8) is 0 Å². The molecule has 1 saturated heterocycles. The summed E-state index contributed by atoms with van der Waals surface area (Å²) in [6, 6.07) is 13.6. The van der Waals surface area contributed by atoms with E-state index in [1.54, 1.807) is 48.5 Å². The molecule has 2 aliphatic heterocycles. The maximum Gasteiger partial charge on any atom is 0.305 e. The number of rotatable bonds is 6. The van der Waals surface area contributed by atoms with Crippen LogP contribution in [0, 0.1) is 0 Å². The molecule has 168 valence electrons. The number of hydrogen-bond acceptors (Lipinski definition) is 6. The highest BCUT2D eigenvalue weighted by atomic mass is 35.5. The molecule has 0 radical (unpaired) electrons. The monoisotopic (exact) mass is 501 g/mol. The summed E-state index contributed by atoms with van der Waals surface area (Å²) in [5.41, 5.74) is 1.56. The van der Waals surface area contributed by atoms with E-state index in [1.165, 1.54) is 9.80 Å². The molecule has 1 fully saturated rings. The van der Waals surface area contributed by atoms with Crippen molar-refractivity contribution in [3.8, 4) is 0 Å². The minimum Gasteiger partial charge on any atom is -0.481 e. The summed E-state index contributed by atoms with van der Waals surface area (Å²) in [5.74, 6) is -2.55. The number of para-hydroxylation sites is 2. The number of aliphatic carboxylic acids is 1. The first-order chi connectivity index (χ1) is 15.8. The van der Waals surface area contributed by atoms with E-state index in [0.29, 0.717) is 22.0 Å². The number of carbonyl (C=O) groups is 4. The van der Waals surface area contributed by atoms with Gasteiger partial charge in [-0.15, -0.1) is 0 Å². The van der Waals surface area contributed by atoms with Gasteiger partial charge in [-0.05, 0) is 18.2 Å². The van der Waals surface area contributed by atoms with Crippen LogP contribution in [0.5, 0.6) is 0 Å². The molecule has 33 heavy (non-hydrogen) atoms. The fraction of sp³-hybridized carbons (Fsp3) is 0.136. The first-order valence-corrected chi connectivity index (χ1v) is 11.3. The minimum absolute atomic E-state index is 0.0867. The molecule has 0 aliphatic carbocycles. The molecule has 0 atom stereocenters. The van der Waals surface area contributed by atoms with E-state index in [2.05, 4.69) is 5.32 Å². The van der Waals surface area contributed by atoms with Crippen LogP contribution in [0.2, 0.25) is 5.02 Å². The number of carbonyl (C=O) groups excluding carboxylic acids is 3. The van der Waals surface area contributed by atoms with Gasteiger partial charge in [0, 0.05) is 12.1 Å². The number of hydrogen-bond donors (Lipinski definition) is 2. The van der Waals surface area contributed by atoms with Gasteiger partial charge in [-0.3, -0.25) is 29.0 Å². The predicted molar refractivity (Wildman–Crippen MR) is 130 cm³/mol. The Bertz CT molecular complexity index is 1250. The van der Waals surface area contributed by atoms with Gasteiger partial charge in [0.25, 0.3) is 11.8 Å². The maximum absolute atomic E-state index is 13.4. The fourth-order valence-corrected chi connectivity index (χ4v) is 5.07. The highest BCUT2D eigenvalue weighted by Gasteiger charge is 2.42. The average Bonchev–Trinajstić information content (AvgIpc) is 3.20. The molecule has 0 bridgehead atoms. The average molecular weight is 502 g/mol. The van der Waals surface area contributed by atoms with E-state index in [0.717, 1.165) is 11.8 Å². The second kappa shape index (κ2) is 9.34. The number of halogens is 1. The van der Waals surface area contributed by atoms with E-state index >= 15 is 0 Å². The van der Waals surface area contributed by atoms with Crippen LogP contribution in [0.15, 0.2) is 53.4 Å². The van der Waals surface area contributed by atoms with Crippen LogP contribution >= 0.6 is 35.6 Å². The quantitative estimate of drug-likeness (QED) is 0.461. The molecule has 2 aliphatic rings. The zero-order chi connectivity index (χ0) is 23.7. The van der Waals surface area contributed by atoms with E-state index in [1.807, 2.05) is 0 Å². The lowest BCUT2D eigenvalue weighted by molar-refractivity contribution is -0.137. The van der Waals surface area contributed by atoms with Gasteiger partial charge < -0.3 is 10.4 Å². The smallest absolute Gasteiger partial charge is 0.305 e. The van der Waals surface area contributed by atoms with Gasteiger partial charge in [0.05, 0.1) is 33.3 Å². The largest absolute Gasteiger partial charge is 0.481 e. The first-order valence-electron chi connectivity index (χ1n) is 9.73. The lowest BCUT2D eigenvalue weighted by Gasteiger charge is -2.17. The summed E-state index contributed by atoms with van der Waals surface area (Å²) in [5, 5.41) is 12.0. The third-order valence-corrected chi connectivity index (χ3v) is 6.78. The number of amides is 3. The van der Waals surface area contributed by atoms with Crippen LogP contribution in [0.3, 0.4) is 0 Å². The van der Waals surface area contributed by atoms with Crippen molar-refractivity contribution in [2.75, 3.05) is 23.3 Å². The Kier molecular flexibility index (Phi) is 6.50. The van der Waals surface area contributed by atoms with Crippen molar-refractivity contribution in [1.29, 1.82) is 0 Å². The first kappa shape index (κ1) is 23.0. The summed E-state index contributed by atoms with van der Waals surface area (Å²) >= 11 is 12.3. The third kappa shape index (κ3) is 4.50. The fourth-order valence-electron chi connectivity index (χ4n) is 3.50. The van der Waals surface area contributed by atoms with Gasteiger partial charge in [-0.2, -0.15) is 0 Å². The summed E-state index contributed by atoms with van der Waals surface area (Å²) in [7, 11) is 0. The van der Waals surface area contributed by atoms with Gasteiger partial charge in [-0.25, -0.2) is 0 Å². The van der Waals surface area contributed by atoms with E-state index in [4.69, 9.17) is 28.9 Å². The molecule has 2 N–H and O–H groups in total. The Labute approximate surface area is 203 Å². The van der Waals surface area contributed by atoms with Crippen molar-refractivity contribution in [2.24, 2.45) is 0 Å². The molecule has 2 heterocycles. The van der Waals surface area contributed by atoms with Gasteiger partial charge in [0.2, 0.25) is 5.91 Å². The number of anilines is 2. The van der Waals surface area contributed by atoms with Crippen LogP contribution in [0.4, 0.5) is 11.4 Å². The molecule has 2 aromatic carbocycles. The van der Waals surface area contributed by atoms with Crippen molar-refractivity contribution >= 4 is 80.5 Å². The lowest BCUT2D eigenvalue weighted by atomic mass is 10.1. The highest BCUT2D eigenvalue weighted by molar-refractivity contribution is 8.26. The summed E-state index contributed by atoms with van der Waals surface area (Å²) in [6.45, 7) is -0.375. The van der Waals surface area contributed by atoms with Crippen LogP contribution < -0.4 is 10.2 Å². The van der Waals surface area contributed by atoms with Crippen LogP contribution in [0.1, 0.15) is 12.0 Å². The van der Waals surface area contributed by atoms with Crippen LogP contribution in [-0.2, 0) is 19.2 Å². The maximum atomic E-state index is 13.4. The summed E-state index contributed by atoms with van der Waals surface area (Å²) < 4.78 is 0.184. The number of benzene rings is 2. The molecule has 4 rings (SSSR count). The third-order valence-electron chi connectivity index (χ3n) is 5.00. The zero-order valence-electron chi connectivity index (χ0n) is 16.9. The lowest BCUT2D eigenvalue weighted by Crippen LogP contribution is -2.35. The van der Waals surface area contributed by atoms with Crippen LogP contribution in [0.25, 0.3) is 5.57 Å². The van der Waals surface area contributed by atoms with Gasteiger partial charge in [0.15, 0.2) is 0 Å². The van der Waals surface area contributed by atoms with Gasteiger partial charge in [0.1, 0.15) is 10.9 Å². The van der Waals surface area contributed by atoms with Crippen molar-refractivity contribution in [2.45, 2.75) is 6.42 Å². The number of carboxylic acid groups (broad SMARTS) is 1. The molecule has 3 amide bonds. The molecular weight excluding hydrogens is 486 g/mol. The number of carboxylic acids is 1. The topological polar surface area (TPSA) is 107 Å². The Morgan fingerprint density at radius 1 is 1.03 bits per heavy atom. The second-order valence-electron chi connectivity index (χ2n) is 7.11. The normalized spacial score (nSPS) is 17.5. The van der Waals surface area contributed by atoms with Crippen LogP contribution in [-0.4, -0.2) is 51.1 Å². The zero-order valence-corrected chi connectivity index (χ0v) is 19.3. The Morgan fingerprint density at radius 2 is 1.73 bits per heavy atom. The number of nitrogens with zero attached hydrogens (tertiary/aromatic N) is 2.